The number of halogens is 2. The third-order valence-corrected chi connectivity index (χ3v) is 6.56. The highest BCUT2D eigenvalue weighted by molar-refractivity contribution is 7.93. The van der Waals surface area contributed by atoms with Crippen molar-refractivity contribution in [3.8, 4) is 0 Å². The molecule has 9 nitrogen and oxygen atoms in total. The van der Waals surface area contributed by atoms with Gasteiger partial charge in [0.25, 0.3) is 0 Å². The fourth-order valence-electron chi connectivity index (χ4n) is 3.15. The van der Waals surface area contributed by atoms with Crippen molar-refractivity contribution in [2.45, 2.75) is 30.8 Å². The summed E-state index contributed by atoms with van der Waals surface area (Å²) in [5, 5.41) is -1.47. The van der Waals surface area contributed by atoms with Crippen LogP contribution in [0.4, 0.5) is 10.1 Å². The molecule has 2 aliphatic rings. The van der Waals surface area contributed by atoms with Crippen LogP contribution >= 0.6 is 11.6 Å². The second-order valence-corrected chi connectivity index (χ2v) is 8.86. The van der Waals surface area contributed by atoms with Gasteiger partial charge in [0, 0.05) is 13.3 Å². The average molecular weight is 464 g/mol. The van der Waals surface area contributed by atoms with E-state index in [1.807, 2.05) is 0 Å². The molecule has 0 radical (unpaired) electrons. The molecule has 1 aromatic rings. The van der Waals surface area contributed by atoms with Crippen LogP contribution in [0, 0.1) is 5.82 Å². The summed E-state index contributed by atoms with van der Waals surface area (Å²) in [4.78, 5) is 23.5. The van der Waals surface area contributed by atoms with Gasteiger partial charge in [0.2, 0.25) is 16.8 Å². The summed E-state index contributed by atoms with van der Waals surface area (Å²) in [6, 6.07) is 3.18. The first-order valence-electron chi connectivity index (χ1n) is 8.90. The largest absolute Gasteiger partial charge is 0.428 e. The lowest BCUT2D eigenvalue weighted by molar-refractivity contribution is -0.164. The van der Waals surface area contributed by atoms with E-state index in [-0.39, 0.29) is 42.3 Å². The summed E-state index contributed by atoms with van der Waals surface area (Å²) < 4.78 is 62.1. The van der Waals surface area contributed by atoms with Crippen LogP contribution in [0.25, 0.3) is 0 Å². The number of carbonyl (C=O) groups excluding carboxylic acids is 2. The summed E-state index contributed by atoms with van der Waals surface area (Å²) in [6.07, 6.45) is 1.43. The fraction of sp³-hybridized carbons (Fsp3) is 0.444. The Morgan fingerprint density at radius 3 is 2.63 bits per heavy atom. The normalized spacial score (nSPS) is 20.5. The van der Waals surface area contributed by atoms with E-state index in [9.17, 15) is 22.4 Å². The molecule has 1 aromatic carbocycles. The molecule has 1 N–H and O–H groups in total. The highest BCUT2D eigenvalue weighted by atomic mass is 35.5. The quantitative estimate of drug-likeness (QED) is 0.503. The third kappa shape index (κ3) is 5.09. The SMILES string of the molecule is CC(=O)OCOC(=O)C1=CC2(CCC1S(=O)(=O)Nc1ccc(F)cc1Cl)OCCO2. The maximum absolute atomic E-state index is 13.3. The van der Waals surface area contributed by atoms with Crippen LogP contribution in [0.15, 0.2) is 29.8 Å². The minimum Gasteiger partial charge on any atom is -0.428 e. The number of esters is 2. The monoisotopic (exact) mass is 463 g/mol. The van der Waals surface area contributed by atoms with Crippen molar-refractivity contribution < 1.29 is 41.3 Å². The number of anilines is 1. The summed E-state index contributed by atoms with van der Waals surface area (Å²) in [7, 11) is -4.20. The number of carbonyl (C=O) groups is 2. The first-order chi connectivity index (χ1) is 14.1. The number of rotatable bonds is 6. The van der Waals surface area contributed by atoms with Crippen LogP contribution in [-0.4, -0.2) is 51.4 Å². The van der Waals surface area contributed by atoms with Crippen molar-refractivity contribution in [2.24, 2.45) is 0 Å². The summed E-state index contributed by atoms with van der Waals surface area (Å²) in [5.41, 5.74) is -0.277. The molecule has 1 aliphatic carbocycles. The van der Waals surface area contributed by atoms with Crippen LogP contribution in [-0.2, 0) is 38.6 Å². The van der Waals surface area contributed by atoms with Crippen molar-refractivity contribution in [1.82, 2.24) is 0 Å². The molecule has 0 bridgehead atoms. The molecule has 164 valence electrons. The van der Waals surface area contributed by atoms with Gasteiger partial charge in [0.1, 0.15) is 11.1 Å². The van der Waals surface area contributed by atoms with E-state index >= 15 is 0 Å². The van der Waals surface area contributed by atoms with Gasteiger partial charge in [0.05, 0.1) is 29.5 Å². The summed E-state index contributed by atoms with van der Waals surface area (Å²) in [5.74, 6) is -3.53. The van der Waals surface area contributed by atoms with Gasteiger partial charge in [-0.3, -0.25) is 9.52 Å². The molecule has 1 heterocycles. The maximum Gasteiger partial charge on any atom is 0.338 e. The summed E-state index contributed by atoms with van der Waals surface area (Å²) in [6.45, 7) is 1.02. The van der Waals surface area contributed by atoms with Crippen molar-refractivity contribution in [3.63, 3.8) is 0 Å². The van der Waals surface area contributed by atoms with Crippen LogP contribution in [0.5, 0.6) is 0 Å². The van der Waals surface area contributed by atoms with E-state index in [2.05, 4.69) is 9.46 Å². The molecular formula is C18H19ClFNO8S. The van der Waals surface area contributed by atoms with E-state index in [1.165, 1.54) is 12.1 Å². The van der Waals surface area contributed by atoms with Crippen molar-refractivity contribution in [3.05, 3.63) is 40.7 Å². The number of hydrogen-bond acceptors (Lipinski definition) is 8. The Hall–Kier alpha value is -2.21. The van der Waals surface area contributed by atoms with Crippen molar-refractivity contribution in [1.29, 1.82) is 0 Å². The van der Waals surface area contributed by atoms with Gasteiger partial charge in [-0.2, -0.15) is 0 Å². The molecule has 1 spiro atoms. The van der Waals surface area contributed by atoms with Crippen molar-refractivity contribution >= 4 is 39.3 Å². The minimum absolute atomic E-state index is 0.0252. The van der Waals surface area contributed by atoms with Crippen LogP contribution in [0.3, 0.4) is 0 Å². The molecular weight excluding hydrogens is 445 g/mol. The Bertz CT molecular complexity index is 974. The van der Waals surface area contributed by atoms with E-state index in [4.69, 9.17) is 25.8 Å². The molecule has 1 atom stereocenters. The smallest absolute Gasteiger partial charge is 0.338 e. The molecule has 1 fully saturated rings. The first kappa shape index (κ1) is 22.5. The average Bonchev–Trinajstić information content (AvgIpc) is 3.11. The number of sulfonamides is 1. The number of nitrogens with one attached hydrogen (secondary N) is 1. The first-order valence-corrected chi connectivity index (χ1v) is 10.8. The lowest BCUT2D eigenvalue weighted by Crippen LogP contribution is -2.42. The second kappa shape index (κ2) is 8.88. The predicted molar refractivity (Wildman–Crippen MR) is 102 cm³/mol. The Balaban J connectivity index is 1.88. The summed E-state index contributed by atoms with van der Waals surface area (Å²) >= 11 is 5.91. The van der Waals surface area contributed by atoms with E-state index in [0.29, 0.717) is 0 Å². The number of benzene rings is 1. The number of hydrogen-bond donors (Lipinski definition) is 1. The lowest BCUT2D eigenvalue weighted by atomic mass is 9.94. The zero-order valence-corrected chi connectivity index (χ0v) is 17.4. The lowest BCUT2D eigenvalue weighted by Gasteiger charge is -2.33. The molecule has 1 saturated heterocycles. The van der Waals surface area contributed by atoms with Gasteiger partial charge < -0.3 is 18.9 Å². The maximum atomic E-state index is 13.3. The Morgan fingerprint density at radius 2 is 2.00 bits per heavy atom. The van der Waals surface area contributed by atoms with E-state index in [1.54, 1.807) is 0 Å². The highest BCUT2D eigenvalue weighted by Gasteiger charge is 2.46. The van der Waals surface area contributed by atoms with Crippen LogP contribution in [0.2, 0.25) is 5.02 Å². The van der Waals surface area contributed by atoms with Gasteiger partial charge in [-0.05, 0) is 30.7 Å². The van der Waals surface area contributed by atoms with E-state index < -0.39 is 45.6 Å². The van der Waals surface area contributed by atoms with Gasteiger partial charge in [0.15, 0.2) is 5.79 Å². The molecule has 1 unspecified atom stereocenters. The van der Waals surface area contributed by atoms with Gasteiger partial charge in [-0.25, -0.2) is 17.6 Å². The molecule has 0 amide bonds. The minimum atomic E-state index is -4.20. The van der Waals surface area contributed by atoms with Gasteiger partial charge >= 0.3 is 11.9 Å². The highest BCUT2D eigenvalue weighted by Crippen LogP contribution is 2.38. The third-order valence-electron chi connectivity index (χ3n) is 4.50. The Labute approximate surface area is 177 Å². The fourth-order valence-corrected chi connectivity index (χ4v) is 4.97. The van der Waals surface area contributed by atoms with Crippen LogP contribution in [0.1, 0.15) is 19.8 Å². The number of ether oxygens (including phenoxy) is 4. The predicted octanol–water partition coefficient (Wildman–Crippen LogP) is 2.12. The van der Waals surface area contributed by atoms with Gasteiger partial charge in [-0.1, -0.05) is 11.6 Å². The van der Waals surface area contributed by atoms with Gasteiger partial charge in [-0.15, -0.1) is 0 Å². The zero-order valence-electron chi connectivity index (χ0n) is 15.9. The molecule has 3 rings (SSSR count). The molecule has 12 heteroatoms. The zero-order chi connectivity index (χ0) is 21.9. The standard InChI is InChI=1S/C18H19ClFNO8S/c1-11(22)26-10-27-17(23)13-9-18(28-6-7-29-18)5-4-16(13)30(24,25)21-15-3-2-12(20)8-14(15)19/h2-3,8-9,16,21H,4-7,10H2,1H3. The second-order valence-electron chi connectivity index (χ2n) is 6.59. The van der Waals surface area contributed by atoms with E-state index in [0.717, 1.165) is 19.1 Å². The molecule has 1 aliphatic heterocycles. The molecule has 0 saturated carbocycles. The molecule has 30 heavy (non-hydrogen) atoms. The topological polar surface area (TPSA) is 117 Å². The Kier molecular flexibility index (Phi) is 6.65. The Morgan fingerprint density at radius 1 is 1.30 bits per heavy atom. The van der Waals surface area contributed by atoms with Crippen LogP contribution < -0.4 is 4.72 Å². The molecule has 0 aromatic heterocycles. The van der Waals surface area contributed by atoms with Crippen molar-refractivity contribution in [2.75, 3.05) is 24.7 Å².